The Labute approximate surface area is 101 Å². The smallest absolute Gasteiger partial charge is 0.235 e. The van der Waals surface area contributed by atoms with Gasteiger partial charge in [0.15, 0.2) is 0 Å². The van der Waals surface area contributed by atoms with Crippen LogP contribution in [0.3, 0.4) is 0 Å². The van der Waals surface area contributed by atoms with Crippen LogP contribution in [0.25, 0.3) is 0 Å². The second-order valence-electron chi connectivity index (χ2n) is 3.00. The van der Waals surface area contributed by atoms with Crippen LogP contribution in [-0.2, 0) is 4.79 Å². The van der Waals surface area contributed by atoms with E-state index in [0.29, 0.717) is 11.4 Å². The highest BCUT2D eigenvalue weighted by atomic mass is 79.9. The Hall–Kier alpha value is -0.720. The molecular weight excluding hydrogens is 278 g/mol. The summed E-state index contributed by atoms with van der Waals surface area (Å²) in [7, 11) is 0. The summed E-state index contributed by atoms with van der Waals surface area (Å²) >= 11 is 4.76. The minimum absolute atomic E-state index is 0.427. The first-order valence-electron chi connectivity index (χ1n) is 4.23. The molecule has 0 fully saturated rings. The number of amides is 1. The van der Waals surface area contributed by atoms with Gasteiger partial charge in [-0.15, -0.1) is 11.8 Å². The number of rotatable bonds is 4. The van der Waals surface area contributed by atoms with Gasteiger partial charge in [-0.05, 0) is 18.2 Å². The minimum atomic E-state index is -0.645. The normalized spacial score (nSPS) is 12.4. The van der Waals surface area contributed by atoms with Crippen LogP contribution in [0.2, 0.25) is 0 Å². The third-order valence-electron chi connectivity index (χ3n) is 1.76. The van der Waals surface area contributed by atoms with E-state index in [9.17, 15) is 4.79 Å². The molecule has 1 amide bonds. The fourth-order valence-corrected chi connectivity index (χ4v) is 2.38. The summed E-state index contributed by atoms with van der Waals surface area (Å²) < 4.78 is 0.937. The fraction of sp³-hybridized carbons (Fsp3) is 0.222. The van der Waals surface area contributed by atoms with Crippen LogP contribution in [-0.4, -0.2) is 17.7 Å². The molecule has 0 bridgehead atoms. The van der Waals surface area contributed by atoms with Crippen LogP contribution in [0.4, 0.5) is 5.69 Å². The summed E-state index contributed by atoms with van der Waals surface area (Å²) in [5, 5.41) is 0. The first kappa shape index (κ1) is 12.4. The van der Waals surface area contributed by atoms with Gasteiger partial charge in [-0.25, -0.2) is 0 Å². The van der Waals surface area contributed by atoms with Crippen LogP contribution in [0, 0.1) is 0 Å². The molecule has 0 aliphatic carbocycles. The Balaban J connectivity index is 2.65. The molecule has 1 aromatic rings. The van der Waals surface area contributed by atoms with Crippen molar-refractivity contribution in [2.45, 2.75) is 10.9 Å². The number of primary amides is 1. The quantitative estimate of drug-likeness (QED) is 0.568. The Morgan fingerprint density at radius 2 is 2.20 bits per heavy atom. The van der Waals surface area contributed by atoms with Crippen LogP contribution >= 0.6 is 27.7 Å². The van der Waals surface area contributed by atoms with Crippen molar-refractivity contribution in [3.8, 4) is 0 Å². The maximum absolute atomic E-state index is 10.7. The average Bonchev–Trinajstić information content (AvgIpc) is 2.18. The number of nitrogen functional groups attached to an aromatic ring is 1. The van der Waals surface area contributed by atoms with Gasteiger partial charge in [0.05, 0.1) is 6.04 Å². The lowest BCUT2D eigenvalue weighted by molar-refractivity contribution is -0.118. The highest BCUT2D eigenvalue weighted by Crippen LogP contribution is 2.28. The first-order valence-corrected chi connectivity index (χ1v) is 6.01. The van der Waals surface area contributed by atoms with E-state index in [0.717, 1.165) is 9.37 Å². The monoisotopic (exact) mass is 289 g/mol. The van der Waals surface area contributed by atoms with E-state index in [1.54, 1.807) is 6.07 Å². The predicted molar refractivity (Wildman–Crippen MR) is 66.4 cm³/mol. The van der Waals surface area contributed by atoms with Gasteiger partial charge >= 0.3 is 0 Å². The third kappa shape index (κ3) is 3.73. The van der Waals surface area contributed by atoms with Gasteiger partial charge < -0.3 is 17.2 Å². The van der Waals surface area contributed by atoms with Crippen molar-refractivity contribution in [2.24, 2.45) is 11.5 Å². The third-order valence-corrected chi connectivity index (χ3v) is 3.44. The number of nitrogens with two attached hydrogens (primary N) is 3. The van der Waals surface area contributed by atoms with Crippen LogP contribution in [0.1, 0.15) is 0 Å². The number of hydrogen-bond acceptors (Lipinski definition) is 4. The lowest BCUT2D eigenvalue weighted by Crippen LogP contribution is -2.38. The Morgan fingerprint density at radius 1 is 1.53 bits per heavy atom. The zero-order chi connectivity index (χ0) is 11.4. The van der Waals surface area contributed by atoms with Crippen molar-refractivity contribution in [3.05, 3.63) is 22.7 Å². The maximum Gasteiger partial charge on any atom is 0.235 e. The molecule has 0 spiro atoms. The largest absolute Gasteiger partial charge is 0.398 e. The summed E-state index contributed by atoms with van der Waals surface area (Å²) in [6.07, 6.45) is 0. The second kappa shape index (κ2) is 5.39. The van der Waals surface area contributed by atoms with Crippen LogP contribution < -0.4 is 17.2 Å². The van der Waals surface area contributed by atoms with Crippen LogP contribution in [0.5, 0.6) is 0 Å². The molecule has 6 heteroatoms. The van der Waals surface area contributed by atoms with Crippen molar-refractivity contribution >= 4 is 39.3 Å². The number of thioether (sulfide) groups is 1. The SMILES string of the molecule is NC(=O)C(N)CSc1cc(Br)ccc1N. The Morgan fingerprint density at radius 3 is 2.80 bits per heavy atom. The van der Waals surface area contributed by atoms with E-state index < -0.39 is 11.9 Å². The topological polar surface area (TPSA) is 95.1 Å². The lowest BCUT2D eigenvalue weighted by atomic mass is 10.3. The molecule has 1 rings (SSSR count). The molecule has 4 nitrogen and oxygen atoms in total. The highest BCUT2D eigenvalue weighted by molar-refractivity contribution is 9.10. The van der Waals surface area contributed by atoms with E-state index in [-0.39, 0.29) is 0 Å². The maximum atomic E-state index is 10.7. The van der Waals surface area contributed by atoms with Gasteiger partial charge in [-0.2, -0.15) is 0 Å². The fourth-order valence-electron chi connectivity index (χ4n) is 0.895. The molecule has 0 saturated carbocycles. The van der Waals surface area contributed by atoms with Crippen LogP contribution in [0.15, 0.2) is 27.6 Å². The molecule has 0 aliphatic heterocycles. The molecule has 0 aliphatic rings. The first-order chi connectivity index (χ1) is 7.00. The van der Waals surface area contributed by atoms with Gasteiger partial charge in [0.1, 0.15) is 0 Å². The van der Waals surface area contributed by atoms with Gasteiger partial charge in [-0.1, -0.05) is 15.9 Å². The zero-order valence-electron chi connectivity index (χ0n) is 7.94. The molecule has 6 N–H and O–H groups in total. The second-order valence-corrected chi connectivity index (χ2v) is 4.98. The molecular formula is C9H12BrN3OS. The molecule has 82 valence electrons. The summed E-state index contributed by atoms with van der Waals surface area (Å²) in [6.45, 7) is 0. The summed E-state index contributed by atoms with van der Waals surface area (Å²) in [6, 6.07) is 4.89. The molecule has 0 heterocycles. The van der Waals surface area contributed by atoms with Gasteiger partial charge in [0.2, 0.25) is 5.91 Å². The molecule has 15 heavy (non-hydrogen) atoms. The molecule has 1 atom stereocenters. The van der Waals surface area contributed by atoms with Crippen molar-refractivity contribution < 1.29 is 4.79 Å². The molecule has 0 aromatic heterocycles. The number of carbonyl (C=O) groups is 1. The molecule has 0 saturated heterocycles. The zero-order valence-corrected chi connectivity index (χ0v) is 10.3. The standard InChI is InChI=1S/C9H12BrN3OS/c10-5-1-2-6(11)8(3-5)15-4-7(12)9(13)14/h1-3,7H,4,11-12H2,(H2,13,14). The Bertz CT molecular complexity index is 372. The number of anilines is 1. The highest BCUT2D eigenvalue weighted by Gasteiger charge is 2.10. The predicted octanol–water partition coefficient (Wildman–Crippen LogP) is 0.936. The molecule has 1 unspecified atom stereocenters. The Kier molecular flexibility index (Phi) is 4.44. The van der Waals surface area contributed by atoms with E-state index in [1.165, 1.54) is 11.8 Å². The van der Waals surface area contributed by atoms with Gasteiger partial charge in [0.25, 0.3) is 0 Å². The average molecular weight is 290 g/mol. The molecule has 0 radical (unpaired) electrons. The number of hydrogen-bond donors (Lipinski definition) is 3. The van der Waals surface area contributed by atoms with Crippen molar-refractivity contribution in [1.82, 2.24) is 0 Å². The number of carbonyl (C=O) groups excluding carboxylic acids is 1. The van der Waals surface area contributed by atoms with Gasteiger partial charge in [-0.3, -0.25) is 4.79 Å². The number of halogens is 1. The summed E-state index contributed by atoms with van der Waals surface area (Å²) in [4.78, 5) is 11.6. The van der Waals surface area contributed by atoms with E-state index >= 15 is 0 Å². The van der Waals surface area contributed by atoms with E-state index in [2.05, 4.69) is 15.9 Å². The van der Waals surface area contributed by atoms with Crippen molar-refractivity contribution in [1.29, 1.82) is 0 Å². The lowest BCUT2D eigenvalue weighted by Gasteiger charge is -2.09. The summed E-state index contributed by atoms with van der Waals surface area (Å²) in [5.41, 5.74) is 17.0. The van der Waals surface area contributed by atoms with Crippen molar-refractivity contribution in [3.63, 3.8) is 0 Å². The van der Waals surface area contributed by atoms with E-state index in [1.807, 2.05) is 12.1 Å². The molecule has 1 aromatic carbocycles. The number of benzene rings is 1. The summed E-state index contributed by atoms with van der Waals surface area (Å²) in [5.74, 6) is -0.0771. The van der Waals surface area contributed by atoms with Gasteiger partial charge in [0, 0.05) is 20.8 Å². The minimum Gasteiger partial charge on any atom is -0.398 e. The van der Waals surface area contributed by atoms with Crippen molar-refractivity contribution in [2.75, 3.05) is 11.5 Å². The van der Waals surface area contributed by atoms with E-state index in [4.69, 9.17) is 17.2 Å².